The number of nitrogens with two attached hydrogens (primary N) is 2. The van der Waals surface area contributed by atoms with Gasteiger partial charge in [0.1, 0.15) is 12.1 Å². The van der Waals surface area contributed by atoms with E-state index in [9.17, 15) is 10.5 Å². The molecule has 0 aliphatic heterocycles. The van der Waals surface area contributed by atoms with Crippen LogP contribution in [-0.2, 0) is 0 Å². The zero-order valence-electron chi connectivity index (χ0n) is 10.4. The van der Waals surface area contributed by atoms with Crippen molar-refractivity contribution < 1.29 is 0 Å². The topological polar surface area (TPSA) is 147 Å². The van der Waals surface area contributed by atoms with E-state index < -0.39 is 11.8 Å². The van der Waals surface area contributed by atoms with Crippen molar-refractivity contribution >= 4 is 0 Å². The number of hydrogen-bond donors (Lipinski definition) is 2. The van der Waals surface area contributed by atoms with Gasteiger partial charge in [0, 0.05) is 11.8 Å². The van der Waals surface area contributed by atoms with E-state index in [0.717, 1.165) is 0 Å². The van der Waals surface area contributed by atoms with E-state index in [4.69, 9.17) is 22.0 Å². The van der Waals surface area contributed by atoms with Crippen molar-refractivity contribution in [3.63, 3.8) is 0 Å². The van der Waals surface area contributed by atoms with E-state index in [1.165, 1.54) is 24.6 Å². The monoisotopic (exact) mass is 262 g/mol. The fraction of sp³-hybridized carbons (Fsp3) is 0.143. The summed E-state index contributed by atoms with van der Waals surface area (Å²) in [5.74, 6) is -1.18. The summed E-state index contributed by atoms with van der Waals surface area (Å²) >= 11 is 0. The smallest absolute Gasteiger partial charge is 0.102 e. The van der Waals surface area contributed by atoms with Crippen LogP contribution >= 0.6 is 0 Å². The number of hydrogen-bond acceptors (Lipinski definition) is 6. The zero-order valence-corrected chi connectivity index (χ0v) is 10.4. The molecule has 0 aromatic heterocycles. The first-order chi connectivity index (χ1) is 9.69. The first kappa shape index (κ1) is 14.6. The third kappa shape index (κ3) is 2.23. The number of allylic oxidation sites excluding steroid dienone is 6. The maximum Gasteiger partial charge on any atom is 0.102 e. The Kier molecular flexibility index (Phi) is 4.70. The molecule has 0 aromatic rings. The van der Waals surface area contributed by atoms with Gasteiger partial charge in [0.25, 0.3) is 0 Å². The van der Waals surface area contributed by atoms with Crippen LogP contribution in [0.15, 0.2) is 46.8 Å². The fourth-order valence-electron chi connectivity index (χ4n) is 2.13. The zero-order chi connectivity index (χ0) is 15.1. The Morgan fingerprint density at radius 2 is 1.05 bits per heavy atom. The summed E-state index contributed by atoms with van der Waals surface area (Å²) in [6, 6.07) is 7.47. The van der Waals surface area contributed by atoms with Crippen LogP contribution < -0.4 is 11.5 Å². The van der Waals surface area contributed by atoms with Gasteiger partial charge in [-0.3, -0.25) is 0 Å². The highest BCUT2D eigenvalue weighted by atomic mass is 14.5. The minimum absolute atomic E-state index is 0.0867. The van der Waals surface area contributed by atoms with Crippen molar-refractivity contribution in [2.24, 2.45) is 23.3 Å². The van der Waals surface area contributed by atoms with Crippen molar-refractivity contribution in [2.45, 2.75) is 0 Å². The average Bonchev–Trinajstić information content (AvgIpc) is 2.47. The minimum atomic E-state index is -0.591. The number of rotatable bonds is 2. The van der Waals surface area contributed by atoms with E-state index in [-0.39, 0.29) is 22.3 Å². The SMILES string of the molecule is N#CC1=C(C#N)[C@H](/C=C/N)[C@@H](/C=C/N)C(C#N)=C1C#N. The summed E-state index contributed by atoms with van der Waals surface area (Å²) in [5.41, 5.74) is 10.8. The molecule has 2 atom stereocenters. The molecule has 1 rings (SSSR count). The summed E-state index contributed by atoms with van der Waals surface area (Å²) in [7, 11) is 0. The van der Waals surface area contributed by atoms with E-state index in [1.54, 1.807) is 0 Å². The molecule has 96 valence electrons. The highest BCUT2D eigenvalue weighted by Crippen LogP contribution is 2.39. The predicted octanol–water partition coefficient (Wildman–Crippen LogP) is 0.865. The van der Waals surface area contributed by atoms with E-state index >= 15 is 0 Å². The Balaban J connectivity index is 3.76. The van der Waals surface area contributed by atoms with Crippen molar-refractivity contribution in [3.05, 3.63) is 46.8 Å². The van der Waals surface area contributed by atoms with Crippen molar-refractivity contribution in [1.82, 2.24) is 0 Å². The van der Waals surface area contributed by atoms with Gasteiger partial charge in [0.15, 0.2) is 0 Å². The van der Waals surface area contributed by atoms with E-state index in [0.29, 0.717) is 0 Å². The Bertz CT molecular complexity index is 632. The largest absolute Gasteiger partial charge is 0.405 e. The highest BCUT2D eigenvalue weighted by Gasteiger charge is 2.35. The molecule has 0 unspecified atom stereocenters. The molecule has 0 bridgehead atoms. The summed E-state index contributed by atoms with van der Waals surface area (Å²) < 4.78 is 0. The van der Waals surface area contributed by atoms with Gasteiger partial charge < -0.3 is 11.5 Å². The van der Waals surface area contributed by atoms with Crippen LogP contribution in [0, 0.1) is 57.2 Å². The van der Waals surface area contributed by atoms with Gasteiger partial charge in [-0.05, 0) is 12.4 Å². The predicted molar refractivity (Wildman–Crippen MR) is 70.1 cm³/mol. The number of nitrogens with zero attached hydrogens (tertiary/aromatic N) is 4. The van der Waals surface area contributed by atoms with Gasteiger partial charge in [-0.2, -0.15) is 21.0 Å². The van der Waals surface area contributed by atoms with Gasteiger partial charge in [-0.15, -0.1) is 0 Å². The lowest BCUT2D eigenvalue weighted by Crippen LogP contribution is -2.23. The van der Waals surface area contributed by atoms with Gasteiger partial charge in [-0.1, -0.05) is 12.2 Å². The first-order valence-electron chi connectivity index (χ1n) is 5.56. The Morgan fingerprint density at radius 1 is 0.700 bits per heavy atom. The second-order valence-corrected chi connectivity index (χ2v) is 3.85. The summed E-state index contributed by atoms with van der Waals surface area (Å²) in [5, 5.41) is 36.8. The lowest BCUT2D eigenvalue weighted by Gasteiger charge is -2.26. The molecule has 6 heteroatoms. The molecule has 4 N–H and O–H groups in total. The maximum absolute atomic E-state index is 9.24. The maximum atomic E-state index is 9.24. The van der Waals surface area contributed by atoms with Gasteiger partial charge >= 0.3 is 0 Å². The lowest BCUT2D eigenvalue weighted by atomic mass is 9.72. The molecule has 0 heterocycles. The van der Waals surface area contributed by atoms with Crippen LogP contribution in [0.4, 0.5) is 0 Å². The van der Waals surface area contributed by atoms with E-state index in [1.807, 2.05) is 24.3 Å². The molecule has 0 saturated heterocycles. The molecule has 0 aromatic carbocycles. The normalized spacial score (nSPS) is 22.4. The van der Waals surface area contributed by atoms with Crippen molar-refractivity contribution in [3.8, 4) is 24.3 Å². The minimum Gasteiger partial charge on any atom is -0.405 e. The van der Waals surface area contributed by atoms with Crippen LogP contribution in [-0.4, -0.2) is 0 Å². The van der Waals surface area contributed by atoms with Crippen LogP contribution in [0.2, 0.25) is 0 Å². The molecular formula is C14H10N6. The summed E-state index contributed by atoms with van der Waals surface area (Å²) in [6.07, 6.45) is 5.49. The fourth-order valence-corrected chi connectivity index (χ4v) is 2.13. The Labute approximate surface area is 116 Å². The molecule has 1 aliphatic rings. The molecule has 0 spiro atoms. The van der Waals surface area contributed by atoms with Gasteiger partial charge in [-0.25, -0.2) is 0 Å². The first-order valence-corrected chi connectivity index (χ1v) is 5.56. The molecule has 0 radical (unpaired) electrons. The van der Waals surface area contributed by atoms with Gasteiger partial charge in [0.05, 0.1) is 34.4 Å². The quantitative estimate of drug-likeness (QED) is 0.754. The molecule has 6 nitrogen and oxygen atoms in total. The second-order valence-electron chi connectivity index (χ2n) is 3.85. The van der Waals surface area contributed by atoms with E-state index in [2.05, 4.69) is 0 Å². The van der Waals surface area contributed by atoms with Crippen molar-refractivity contribution in [1.29, 1.82) is 21.0 Å². The lowest BCUT2D eigenvalue weighted by molar-refractivity contribution is 0.615. The van der Waals surface area contributed by atoms with Gasteiger partial charge in [0.2, 0.25) is 0 Å². The van der Waals surface area contributed by atoms with Crippen LogP contribution in [0.3, 0.4) is 0 Å². The van der Waals surface area contributed by atoms with Crippen LogP contribution in [0.25, 0.3) is 0 Å². The second kappa shape index (κ2) is 6.45. The molecular weight excluding hydrogens is 252 g/mol. The number of nitriles is 4. The molecule has 0 amide bonds. The molecule has 20 heavy (non-hydrogen) atoms. The summed E-state index contributed by atoms with van der Waals surface area (Å²) in [6.45, 7) is 0. The summed E-state index contributed by atoms with van der Waals surface area (Å²) in [4.78, 5) is 0. The van der Waals surface area contributed by atoms with Crippen LogP contribution in [0.1, 0.15) is 0 Å². The van der Waals surface area contributed by atoms with Crippen molar-refractivity contribution in [2.75, 3.05) is 0 Å². The molecule has 0 fully saturated rings. The molecule has 0 saturated carbocycles. The third-order valence-electron chi connectivity index (χ3n) is 2.94. The third-order valence-corrected chi connectivity index (χ3v) is 2.94. The average molecular weight is 262 g/mol. The molecule has 1 aliphatic carbocycles. The Hall–Kier alpha value is -3.48. The van der Waals surface area contributed by atoms with Crippen LogP contribution in [0.5, 0.6) is 0 Å². The highest BCUT2D eigenvalue weighted by molar-refractivity contribution is 5.65. The standard InChI is InChI=1S/C14H10N6/c15-3-1-9-10(2-4-16)12(6-18)14(8-20)13(7-19)11(9)5-17/h1-4,9-10H,15-16H2/b3-1+,4-2+/t9-,10-/m1/s1. The Morgan fingerprint density at radius 3 is 1.25 bits per heavy atom.